The van der Waals surface area contributed by atoms with Crippen molar-refractivity contribution in [2.45, 2.75) is 71.8 Å². The van der Waals surface area contributed by atoms with Crippen LogP contribution in [-0.4, -0.2) is 35.7 Å². The van der Waals surface area contributed by atoms with E-state index in [1.807, 2.05) is 0 Å². The van der Waals surface area contributed by atoms with Crippen molar-refractivity contribution < 1.29 is 5.11 Å². The molecule has 2 heteroatoms. The Hall–Kier alpha value is -0.0800. The third-order valence-corrected chi connectivity index (χ3v) is 3.01. The molecule has 0 aromatic carbocycles. The average Bonchev–Trinajstić information content (AvgIpc) is 2.73. The second-order valence-electron chi connectivity index (χ2n) is 4.78. The molecule has 1 aliphatic heterocycles. The first kappa shape index (κ1) is 15.9. The van der Waals surface area contributed by atoms with Crippen molar-refractivity contribution in [3.63, 3.8) is 0 Å². The first-order valence-electron chi connectivity index (χ1n) is 7.14. The maximum Gasteiger partial charge on any atom is 0.0586 e. The van der Waals surface area contributed by atoms with Gasteiger partial charge in [-0.05, 0) is 32.4 Å². The highest BCUT2D eigenvalue weighted by Crippen LogP contribution is 2.17. The van der Waals surface area contributed by atoms with Gasteiger partial charge in [-0.25, -0.2) is 0 Å². The molecule has 1 heterocycles. The molecule has 1 fully saturated rings. The highest BCUT2D eigenvalue weighted by molar-refractivity contribution is 4.77. The van der Waals surface area contributed by atoms with E-state index in [9.17, 15) is 0 Å². The van der Waals surface area contributed by atoms with E-state index in [-0.39, 0.29) is 0 Å². The lowest BCUT2D eigenvalue weighted by Crippen LogP contribution is -2.32. The van der Waals surface area contributed by atoms with E-state index >= 15 is 0 Å². The van der Waals surface area contributed by atoms with Crippen molar-refractivity contribution >= 4 is 0 Å². The van der Waals surface area contributed by atoms with E-state index in [1.165, 1.54) is 58.0 Å². The molecule has 98 valence electrons. The van der Waals surface area contributed by atoms with Crippen LogP contribution < -0.4 is 0 Å². The van der Waals surface area contributed by atoms with Crippen LogP contribution in [0.4, 0.5) is 0 Å². The lowest BCUT2D eigenvalue weighted by atomic mass is 10.2. The van der Waals surface area contributed by atoms with Gasteiger partial charge in [0.05, 0.1) is 6.61 Å². The van der Waals surface area contributed by atoms with Gasteiger partial charge in [0.1, 0.15) is 0 Å². The Morgan fingerprint density at radius 3 is 2.38 bits per heavy atom. The number of aliphatic hydroxyl groups is 1. The molecular formula is C14H31NO. The van der Waals surface area contributed by atoms with E-state index in [2.05, 4.69) is 25.7 Å². The van der Waals surface area contributed by atoms with Crippen molar-refractivity contribution in [2.75, 3.05) is 19.7 Å². The molecule has 2 nitrogen and oxygen atoms in total. The molecule has 0 amide bonds. The normalized spacial score (nSPS) is 20.6. The quantitative estimate of drug-likeness (QED) is 0.705. The van der Waals surface area contributed by atoms with Crippen LogP contribution in [-0.2, 0) is 0 Å². The molecule has 0 radical (unpaired) electrons. The molecule has 0 aliphatic carbocycles. The van der Waals surface area contributed by atoms with Gasteiger partial charge in [0.15, 0.2) is 0 Å². The third kappa shape index (κ3) is 7.24. The fourth-order valence-corrected chi connectivity index (χ4v) is 2.14. The Labute approximate surface area is 102 Å². The fourth-order valence-electron chi connectivity index (χ4n) is 2.14. The van der Waals surface area contributed by atoms with Crippen LogP contribution in [0.3, 0.4) is 0 Å². The summed E-state index contributed by atoms with van der Waals surface area (Å²) < 4.78 is 0. The van der Waals surface area contributed by atoms with Crippen molar-refractivity contribution in [1.82, 2.24) is 4.90 Å². The van der Waals surface area contributed by atoms with Crippen LogP contribution >= 0.6 is 0 Å². The van der Waals surface area contributed by atoms with E-state index in [4.69, 9.17) is 5.11 Å². The van der Waals surface area contributed by atoms with Crippen LogP contribution in [0.15, 0.2) is 0 Å². The van der Waals surface area contributed by atoms with Crippen molar-refractivity contribution in [3.8, 4) is 0 Å². The fraction of sp³-hybridized carbons (Fsp3) is 1.00. The summed E-state index contributed by atoms with van der Waals surface area (Å²) in [5, 5.41) is 9.10. The van der Waals surface area contributed by atoms with Gasteiger partial charge in [-0.3, -0.25) is 4.90 Å². The first-order valence-corrected chi connectivity index (χ1v) is 7.14. The van der Waals surface area contributed by atoms with E-state index in [0.29, 0.717) is 12.6 Å². The van der Waals surface area contributed by atoms with Crippen LogP contribution in [0.25, 0.3) is 0 Å². The highest BCUT2D eigenvalue weighted by Gasteiger charge is 2.22. The van der Waals surface area contributed by atoms with Gasteiger partial charge >= 0.3 is 0 Å². The summed E-state index contributed by atoms with van der Waals surface area (Å²) in [7, 11) is 0. The zero-order chi connectivity index (χ0) is 12.2. The van der Waals surface area contributed by atoms with Gasteiger partial charge in [0, 0.05) is 6.04 Å². The molecule has 0 saturated carbocycles. The summed E-state index contributed by atoms with van der Waals surface area (Å²) in [5.74, 6) is 0. The number of aliphatic hydroxyl groups excluding tert-OH is 1. The molecular weight excluding hydrogens is 198 g/mol. The summed E-state index contributed by atoms with van der Waals surface area (Å²) in [6, 6.07) is 0.474. The lowest BCUT2D eigenvalue weighted by Gasteiger charge is -2.22. The van der Waals surface area contributed by atoms with E-state index < -0.39 is 0 Å². The van der Waals surface area contributed by atoms with Crippen LogP contribution in [0, 0.1) is 0 Å². The first-order chi connectivity index (χ1) is 7.79. The minimum absolute atomic E-state index is 0.355. The molecule has 1 N–H and O–H groups in total. The summed E-state index contributed by atoms with van der Waals surface area (Å²) >= 11 is 0. The standard InChI is InChI=1S/C11H23NO.C3H8/c1-2-3-4-5-8-12-9-6-7-11(12)10-13;1-3-2/h11,13H,2-10H2,1H3;3H2,1-2H3. The average molecular weight is 229 g/mol. The van der Waals surface area contributed by atoms with Crippen molar-refractivity contribution in [3.05, 3.63) is 0 Å². The smallest absolute Gasteiger partial charge is 0.0586 e. The highest BCUT2D eigenvalue weighted by atomic mass is 16.3. The number of hydrogen-bond acceptors (Lipinski definition) is 2. The molecule has 16 heavy (non-hydrogen) atoms. The molecule has 1 aliphatic rings. The van der Waals surface area contributed by atoms with Gasteiger partial charge in [0.25, 0.3) is 0 Å². The predicted molar refractivity (Wildman–Crippen MR) is 71.8 cm³/mol. The van der Waals surface area contributed by atoms with Gasteiger partial charge in [-0.1, -0.05) is 46.5 Å². The van der Waals surface area contributed by atoms with Crippen molar-refractivity contribution in [2.24, 2.45) is 0 Å². The largest absolute Gasteiger partial charge is 0.395 e. The molecule has 1 saturated heterocycles. The van der Waals surface area contributed by atoms with E-state index in [0.717, 1.165) is 0 Å². The minimum Gasteiger partial charge on any atom is -0.395 e. The Balaban J connectivity index is 0.000000673. The SMILES string of the molecule is CCC.CCCCCCN1CCCC1CO. The molecule has 1 unspecified atom stereocenters. The third-order valence-electron chi connectivity index (χ3n) is 3.01. The molecule has 0 aromatic heterocycles. The number of nitrogens with zero attached hydrogens (tertiary/aromatic N) is 1. The minimum atomic E-state index is 0.355. The van der Waals surface area contributed by atoms with Gasteiger partial charge in [0.2, 0.25) is 0 Å². The Kier molecular flexibility index (Phi) is 11.3. The zero-order valence-electron chi connectivity index (χ0n) is 11.5. The lowest BCUT2D eigenvalue weighted by molar-refractivity contribution is 0.157. The predicted octanol–water partition coefficient (Wildman–Crippen LogP) is 3.44. The van der Waals surface area contributed by atoms with Crippen molar-refractivity contribution in [1.29, 1.82) is 0 Å². The molecule has 0 aromatic rings. The topological polar surface area (TPSA) is 23.5 Å². The Morgan fingerprint density at radius 2 is 1.81 bits per heavy atom. The van der Waals surface area contributed by atoms with Crippen LogP contribution in [0.1, 0.15) is 65.7 Å². The summed E-state index contributed by atoms with van der Waals surface area (Å²) in [5.41, 5.74) is 0. The Morgan fingerprint density at radius 1 is 1.12 bits per heavy atom. The number of rotatable bonds is 6. The summed E-state index contributed by atoms with van der Waals surface area (Å²) in [4.78, 5) is 2.45. The number of hydrogen-bond donors (Lipinski definition) is 1. The van der Waals surface area contributed by atoms with Crippen LogP contribution in [0.2, 0.25) is 0 Å². The maximum absolute atomic E-state index is 9.10. The molecule has 1 rings (SSSR count). The second-order valence-corrected chi connectivity index (χ2v) is 4.78. The number of likely N-dealkylation sites (tertiary alicyclic amines) is 1. The number of unbranched alkanes of at least 4 members (excludes halogenated alkanes) is 3. The van der Waals surface area contributed by atoms with E-state index in [1.54, 1.807) is 0 Å². The summed E-state index contributed by atoms with van der Waals surface area (Å²) in [6.07, 6.45) is 9.06. The second kappa shape index (κ2) is 11.4. The summed E-state index contributed by atoms with van der Waals surface area (Å²) in [6.45, 7) is 9.25. The molecule has 0 spiro atoms. The zero-order valence-corrected chi connectivity index (χ0v) is 11.5. The molecule has 1 atom stereocenters. The van der Waals surface area contributed by atoms with Gasteiger partial charge < -0.3 is 5.11 Å². The maximum atomic E-state index is 9.10. The van der Waals surface area contributed by atoms with Gasteiger partial charge in [-0.15, -0.1) is 0 Å². The van der Waals surface area contributed by atoms with Crippen LogP contribution in [0.5, 0.6) is 0 Å². The monoisotopic (exact) mass is 229 g/mol. The molecule has 0 bridgehead atoms. The van der Waals surface area contributed by atoms with Gasteiger partial charge in [-0.2, -0.15) is 0 Å². The Bertz CT molecular complexity index is 139.